The molecule has 10 aromatic carbocycles. The van der Waals surface area contributed by atoms with Crippen molar-refractivity contribution >= 4 is 60.9 Å². The molecule has 0 unspecified atom stereocenters. The summed E-state index contributed by atoms with van der Waals surface area (Å²) in [6.07, 6.45) is 0. The molecule has 0 atom stereocenters. The highest BCUT2D eigenvalue weighted by molar-refractivity contribution is 6.21. The maximum Gasteiger partial charge on any atom is 0.144 e. The van der Waals surface area contributed by atoms with E-state index in [1.54, 1.807) is 0 Å². The van der Waals surface area contributed by atoms with E-state index in [4.69, 9.17) is 8.83 Å². The molecule has 3 nitrogen and oxygen atoms in total. The van der Waals surface area contributed by atoms with Gasteiger partial charge in [-0.15, -0.1) is 0 Å². The number of hydrogen-bond donors (Lipinski definition) is 0. The quantitative estimate of drug-likeness (QED) is 0.177. The molecule has 12 aromatic rings. The molecule has 0 saturated carbocycles. The first-order chi connectivity index (χ1) is 37.5. The molecule has 2 aromatic heterocycles. The van der Waals surface area contributed by atoms with Gasteiger partial charge in [0, 0.05) is 71.2 Å². The second-order valence-electron chi connectivity index (χ2n) is 25.9. The van der Waals surface area contributed by atoms with Gasteiger partial charge in [-0.2, -0.15) is 0 Å². The molecule has 78 heavy (non-hydrogen) atoms. The zero-order valence-electron chi connectivity index (χ0n) is 46.0. The molecule has 0 N–H and O–H groups in total. The average molecular weight is 1010 g/mol. The van der Waals surface area contributed by atoms with Gasteiger partial charge in [-0.25, -0.2) is 0 Å². The van der Waals surface area contributed by atoms with E-state index in [9.17, 15) is 0 Å². The molecule has 5 aliphatic rings. The minimum absolute atomic E-state index is 0.166. The predicted octanol–water partition coefficient (Wildman–Crippen LogP) is 20.5. The van der Waals surface area contributed by atoms with Gasteiger partial charge in [-0.05, 0) is 172 Å². The van der Waals surface area contributed by atoms with Gasteiger partial charge < -0.3 is 13.7 Å². The maximum absolute atomic E-state index is 7.12. The van der Waals surface area contributed by atoms with Crippen LogP contribution in [0.4, 0.5) is 17.1 Å². The minimum atomic E-state index is -0.354. The van der Waals surface area contributed by atoms with Crippen molar-refractivity contribution in [2.75, 3.05) is 4.90 Å². The lowest BCUT2D eigenvalue weighted by atomic mass is 9.72. The first kappa shape index (κ1) is 44.7. The molecule has 2 heterocycles. The Morgan fingerprint density at radius 1 is 0.282 bits per heavy atom. The molecule has 376 valence electrons. The van der Waals surface area contributed by atoms with Crippen LogP contribution in [0, 0.1) is 0 Å². The minimum Gasteiger partial charge on any atom is -0.456 e. The van der Waals surface area contributed by atoms with Crippen LogP contribution in [0.1, 0.15) is 125 Å². The molecule has 0 radical (unpaired) electrons. The molecule has 5 aliphatic carbocycles. The Morgan fingerprint density at radius 3 is 1.40 bits per heavy atom. The largest absolute Gasteiger partial charge is 0.456 e. The molecular weight excluding hydrogens is 947 g/mol. The van der Waals surface area contributed by atoms with Gasteiger partial charge >= 0.3 is 0 Å². The highest BCUT2D eigenvalue weighted by atomic mass is 16.3. The van der Waals surface area contributed by atoms with Gasteiger partial charge in [0.2, 0.25) is 0 Å². The number of fused-ring (bicyclic) bond motifs is 25. The fraction of sp³-hybridized carbons (Fsp3) is 0.200. The van der Waals surface area contributed by atoms with Crippen molar-refractivity contribution in [3.05, 3.63) is 232 Å². The summed E-state index contributed by atoms with van der Waals surface area (Å²) >= 11 is 0. The van der Waals surface area contributed by atoms with E-state index in [0.717, 1.165) is 39.4 Å². The van der Waals surface area contributed by atoms with Crippen molar-refractivity contribution in [2.45, 2.75) is 96.3 Å². The van der Waals surface area contributed by atoms with E-state index >= 15 is 0 Å². The average Bonchev–Trinajstić information content (AvgIpc) is 3.00. The number of hydrogen-bond acceptors (Lipinski definition) is 3. The Morgan fingerprint density at radius 2 is 0.718 bits per heavy atom. The fourth-order valence-electron chi connectivity index (χ4n) is 16.3. The second-order valence-corrected chi connectivity index (χ2v) is 25.9. The third-order valence-corrected chi connectivity index (χ3v) is 20.2. The van der Waals surface area contributed by atoms with E-state index < -0.39 is 0 Å². The third kappa shape index (κ3) is 5.22. The predicted molar refractivity (Wildman–Crippen MR) is 324 cm³/mol. The monoisotopic (exact) mass is 1010 g/mol. The van der Waals surface area contributed by atoms with Crippen LogP contribution in [0.3, 0.4) is 0 Å². The van der Waals surface area contributed by atoms with E-state index in [1.165, 1.54) is 133 Å². The molecule has 17 rings (SSSR count). The molecule has 0 amide bonds. The Hall–Kier alpha value is -8.40. The van der Waals surface area contributed by atoms with Crippen LogP contribution >= 0.6 is 0 Å². The summed E-state index contributed by atoms with van der Waals surface area (Å²) in [5.41, 5.74) is 32.9. The lowest BCUT2D eigenvalue weighted by Crippen LogP contribution is -2.24. The van der Waals surface area contributed by atoms with E-state index in [2.05, 4.69) is 250 Å². The summed E-state index contributed by atoms with van der Waals surface area (Å²) in [4.78, 5) is 2.55. The van der Waals surface area contributed by atoms with E-state index in [0.29, 0.717) is 0 Å². The molecule has 3 heteroatoms. The number of para-hydroxylation sites is 2. The van der Waals surface area contributed by atoms with Crippen molar-refractivity contribution in [1.82, 2.24) is 0 Å². The molecule has 0 saturated heterocycles. The summed E-state index contributed by atoms with van der Waals surface area (Å²) in [5.74, 6) is 0. The molecule has 0 bridgehead atoms. The summed E-state index contributed by atoms with van der Waals surface area (Å²) in [5, 5.41) is 4.82. The van der Waals surface area contributed by atoms with Crippen LogP contribution in [0.25, 0.3) is 99.5 Å². The van der Waals surface area contributed by atoms with Crippen molar-refractivity contribution in [3.63, 3.8) is 0 Å². The SMILES string of the molecule is CC1(C)c2ccccc2-c2ccc(N(c3ccc4c(c3)C(C)(C)c3cc5c(cc3-4)C(C)(C)c3ccc4oc6ccccc6c4c3-5)c3ccc4c(c3)C(C)(C)c3c5c(c6c(oc7ccccc76)c3-4)-c3ccccc3C5(C)C)cc21. The van der Waals surface area contributed by atoms with Crippen molar-refractivity contribution in [2.24, 2.45) is 0 Å². The first-order valence-corrected chi connectivity index (χ1v) is 28.1. The van der Waals surface area contributed by atoms with Gasteiger partial charge in [-0.3, -0.25) is 0 Å². The summed E-state index contributed by atoms with van der Waals surface area (Å²) < 4.78 is 13.6. The van der Waals surface area contributed by atoms with Crippen LogP contribution in [-0.2, 0) is 27.1 Å². The first-order valence-electron chi connectivity index (χ1n) is 28.1. The van der Waals surface area contributed by atoms with Gasteiger partial charge in [0.25, 0.3) is 0 Å². The van der Waals surface area contributed by atoms with Crippen LogP contribution in [0.5, 0.6) is 0 Å². The highest BCUT2D eigenvalue weighted by Gasteiger charge is 2.49. The Kier molecular flexibility index (Phi) is 8.14. The van der Waals surface area contributed by atoms with Gasteiger partial charge in [0.1, 0.15) is 22.3 Å². The van der Waals surface area contributed by atoms with Crippen molar-refractivity contribution in [1.29, 1.82) is 0 Å². The summed E-state index contributed by atoms with van der Waals surface area (Å²) in [6.45, 7) is 24.3. The third-order valence-electron chi connectivity index (χ3n) is 20.2. The lowest BCUT2D eigenvalue weighted by molar-refractivity contribution is 0.600. The van der Waals surface area contributed by atoms with Crippen LogP contribution in [-0.4, -0.2) is 0 Å². The lowest BCUT2D eigenvalue weighted by Gasteiger charge is -2.32. The van der Waals surface area contributed by atoms with Crippen molar-refractivity contribution in [3.8, 4) is 55.6 Å². The highest BCUT2D eigenvalue weighted by Crippen LogP contribution is 2.65. The van der Waals surface area contributed by atoms with Crippen LogP contribution in [0.15, 0.2) is 185 Å². The molecule has 0 fully saturated rings. The topological polar surface area (TPSA) is 29.5 Å². The van der Waals surface area contributed by atoms with Gasteiger partial charge in [0.05, 0.1) is 0 Å². The Labute approximate surface area is 455 Å². The number of rotatable bonds is 3. The Bertz CT molecular complexity index is 4770. The van der Waals surface area contributed by atoms with Crippen LogP contribution < -0.4 is 4.90 Å². The smallest absolute Gasteiger partial charge is 0.144 e. The van der Waals surface area contributed by atoms with Crippen molar-refractivity contribution < 1.29 is 8.83 Å². The Balaban J connectivity index is 0.871. The molecule has 0 spiro atoms. The van der Waals surface area contributed by atoms with Gasteiger partial charge in [-0.1, -0.05) is 178 Å². The number of anilines is 3. The zero-order valence-corrected chi connectivity index (χ0v) is 46.0. The standard InChI is InChI=1S/C75H59NO2/c1-71(2)52-23-15-11-19-43(52)44-30-27-40(35-55(44)71)76(41-28-31-45-50-38-59-51(39-58(50)73(5,6)56(45)36-41)63-54(72(59,3)4)33-34-62-64(63)48-21-13-17-25-60(48)77-62)42-29-32-47-57(37-42)75(9,10)69-67(47)70-66(49-22-14-18-26-61(49)78-70)65-46-20-12-16-24-53(46)74(7,8)68(65)69/h11-39H,1-10H3. The fourth-order valence-corrected chi connectivity index (χ4v) is 16.3. The number of nitrogens with zero attached hydrogens (tertiary/aromatic N) is 1. The molecule has 0 aliphatic heterocycles. The second kappa shape index (κ2) is 14.2. The summed E-state index contributed by atoms with van der Waals surface area (Å²) in [6, 6.07) is 66.8. The number of benzene rings is 10. The summed E-state index contributed by atoms with van der Waals surface area (Å²) in [7, 11) is 0. The normalized spacial score (nSPS) is 17.1. The van der Waals surface area contributed by atoms with E-state index in [-0.39, 0.29) is 27.1 Å². The van der Waals surface area contributed by atoms with Crippen LogP contribution in [0.2, 0.25) is 0 Å². The maximum atomic E-state index is 7.12. The zero-order chi connectivity index (χ0) is 52.9. The number of furan rings is 2. The molecular formula is C75H59NO2. The van der Waals surface area contributed by atoms with E-state index in [1.807, 2.05) is 0 Å². The van der Waals surface area contributed by atoms with Gasteiger partial charge in [0.15, 0.2) is 0 Å².